The van der Waals surface area contributed by atoms with Gasteiger partial charge in [-0.25, -0.2) is 4.98 Å². The lowest BCUT2D eigenvalue weighted by Gasteiger charge is -2.36. The summed E-state index contributed by atoms with van der Waals surface area (Å²) < 4.78 is 5.73. The second-order valence-electron chi connectivity index (χ2n) is 6.07. The van der Waals surface area contributed by atoms with Gasteiger partial charge in [-0.05, 0) is 38.1 Å². The van der Waals surface area contributed by atoms with Crippen LogP contribution >= 0.6 is 0 Å². The van der Waals surface area contributed by atoms with E-state index in [1.807, 2.05) is 24.3 Å². The van der Waals surface area contributed by atoms with E-state index in [4.69, 9.17) is 4.74 Å². The third-order valence-electron chi connectivity index (χ3n) is 3.91. The molecule has 1 aliphatic rings. The molecule has 0 saturated carbocycles. The summed E-state index contributed by atoms with van der Waals surface area (Å²) in [6.07, 6.45) is 3.68. The fourth-order valence-corrected chi connectivity index (χ4v) is 2.85. The number of pyridine rings is 2. The fraction of sp³-hybridized carbons (Fsp3) is 0.389. The topological polar surface area (TPSA) is 67.4 Å². The number of hydrogen-bond donors (Lipinski definition) is 1. The van der Waals surface area contributed by atoms with E-state index >= 15 is 0 Å². The summed E-state index contributed by atoms with van der Waals surface area (Å²) in [5.74, 6) is 0.724. The van der Waals surface area contributed by atoms with Gasteiger partial charge in [0.25, 0.3) is 5.91 Å². The van der Waals surface area contributed by atoms with Crippen LogP contribution in [0.1, 0.15) is 29.9 Å². The highest BCUT2D eigenvalue weighted by molar-refractivity contribution is 5.93. The van der Waals surface area contributed by atoms with Gasteiger partial charge in [-0.1, -0.05) is 6.07 Å². The number of aromatic nitrogens is 2. The molecule has 2 atom stereocenters. The van der Waals surface area contributed by atoms with Crippen LogP contribution in [-0.4, -0.2) is 41.2 Å². The van der Waals surface area contributed by atoms with Gasteiger partial charge in [-0.2, -0.15) is 0 Å². The lowest BCUT2D eigenvalue weighted by molar-refractivity contribution is -0.00546. The number of anilines is 1. The Kier molecular flexibility index (Phi) is 5.05. The Hall–Kier alpha value is -2.47. The zero-order valence-electron chi connectivity index (χ0n) is 14.0. The number of nitrogens with zero attached hydrogens (tertiary/aromatic N) is 3. The number of nitrogens with one attached hydrogen (secondary N) is 1. The van der Waals surface area contributed by atoms with Crippen molar-refractivity contribution in [1.82, 2.24) is 15.3 Å². The first-order chi connectivity index (χ1) is 11.6. The molecule has 2 aromatic rings. The fourth-order valence-electron chi connectivity index (χ4n) is 2.85. The molecule has 1 aliphatic heterocycles. The highest BCUT2D eigenvalue weighted by Crippen LogP contribution is 2.18. The van der Waals surface area contributed by atoms with Gasteiger partial charge in [-0.3, -0.25) is 9.78 Å². The van der Waals surface area contributed by atoms with Crippen molar-refractivity contribution >= 4 is 11.7 Å². The standard InChI is InChI=1S/C18H22N4O2/c1-13-11-22(12-14(2)24-13)17-7-6-15(9-20-17)18(23)21-10-16-5-3-4-8-19-16/h3-9,13-14H,10-12H2,1-2H3,(H,21,23)/t13-,14-/m0/s1. The zero-order valence-corrected chi connectivity index (χ0v) is 14.0. The minimum absolute atomic E-state index is 0.150. The predicted octanol–water partition coefficient (Wildman–Crippen LogP) is 2.02. The van der Waals surface area contributed by atoms with Crippen LogP contribution in [-0.2, 0) is 11.3 Å². The molecule has 3 heterocycles. The van der Waals surface area contributed by atoms with Gasteiger partial charge in [0.2, 0.25) is 0 Å². The number of rotatable bonds is 4. The Morgan fingerprint density at radius 1 is 1.21 bits per heavy atom. The molecule has 0 unspecified atom stereocenters. The molecule has 1 N–H and O–H groups in total. The van der Waals surface area contributed by atoms with Crippen LogP contribution in [0, 0.1) is 0 Å². The number of ether oxygens (including phenoxy) is 1. The van der Waals surface area contributed by atoms with E-state index in [9.17, 15) is 4.79 Å². The third kappa shape index (κ3) is 4.08. The van der Waals surface area contributed by atoms with Crippen LogP contribution in [0.2, 0.25) is 0 Å². The normalized spacial score (nSPS) is 20.7. The van der Waals surface area contributed by atoms with Crippen molar-refractivity contribution in [2.45, 2.75) is 32.6 Å². The molecule has 0 spiro atoms. The average Bonchev–Trinajstić information content (AvgIpc) is 2.60. The van der Waals surface area contributed by atoms with Gasteiger partial charge >= 0.3 is 0 Å². The maximum absolute atomic E-state index is 12.2. The molecule has 6 nitrogen and oxygen atoms in total. The number of amides is 1. The molecule has 1 saturated heterocycles. The van der Waals surface area contributed by atoms with E-state index in [1.165, 1.54) is 0 Å². The van der Waals surface area contributed by atoms with Crippen molar-refractivity contribution < 1.29 is 9.53 Å². The van der Waals surface area contributed by atoms with Crippen molar-refractivity contribution in [2.75, 3.05) is 18.0 Å². The maximum atomic E-state index is 12.2. The highest BCUT2D eigenvalue weighted by atomic mass is 16.5. The van der Waals surface area contributed by atoms with Gasteiger partial charge in [0.1, 0.15) is 5.82 Å². The molecule has 6 heteroatoms. The van der Waals surface area contributed by atoms with Gasteiger partial charge in [0.15, 0.2) is 0 Å². The highest BCUT2D eigenvalue weighted by Gasteiger charge is 2.23. The summed E-state index contributed by atoms with van der Waals surface area (Å²) >= 11 is 0. The molecule has 2 aromatic heterocycles. The van der Waals surface area contributed by atoms with E-state index in [0.717, 1.165) is 24.6 Å². The van der Waals surface area contributed by atoms with Crippen LogP contribution in [0.25, 0.3) is 0 Å². The van der Waals surface area contributed by atoms with Gasteiger partial charge in [0, 0.05) is 25.5 Å². The second kappa shape index (κ2) is 7.40. The molecule has 0 aromatic carbocycles. The molecule has 24 heavy (non-hydrogen) atoms. The monoisotopic (exact) mass is 326 g/mol. The average molecular weight is 326 g/mol. The van der Waals surface area contributed by atoms with Gasteiger partial charge in [-0.15, -0.1) is 0 Å². The van der Waals surface area contributed by atoms with Crippen molar-refractivity contribution in [3.8, 4) is 0 Å². The lowest BCUT2D eigenvalue weighted by atomic mass is 10.2. The number of morpholine rings is 1. The smallest absolute Gasteiger partial charge is 0.253 e. The Bertz CT molecular complexity index is 665. The van der Waals surface area contributed by atoms with E-state index in [2.05, 4.69) is 34.0 Å². The molecule has 0 radical (unpaired) electrons. The molecule has 1 amide bonds. The Morgan fingerprint density at radius 2 is 2.00 bits per heavy atom. The van der Waals surface area contributed by atoms with Crippen molar-refractivity contribution in [3.05, 3.63) is 54.0 Å². The Morgan fingerprint density at radius 3 is 2.62 bits per heavy atom. The summed E-state index contributed by atoms with van der Waals surface area (Å²) in [4.78, 5) is 23.0. The molecular formula is C18H22N4O2. The first-order valence-corrected chi connectivity index (χ1v) is 8.16. The van der Waals surface area contributed by atoms with Crippen LogP contribution in [0.4, 0.5) is 5.82 Å². The van der Waals surface area contributed by atoms with Gasteiger partial charge in [0.05, 0.1) is 30.0 Å². The summed E-state index contributed by atoms with van der Waals surface area (Å²) in [5.41, 5.74) is 1.37. The van der Waals surface area contributed by atoms with Crippen LogP contribution < -0.4 is 10.2 Å². The summed E-state index contributed by atoms with van der Waals surface area (Å²) in [6.45, 7) is 6.13. The minimum Gasteiger partial charge on any atom is -0.372 e. The molecule has 3 rings (SSSR count). The van der Waals surface area contributed by atoms with Crippen LogP contribution in [0.15, 0.2) is 42.7 Å². The second-order valence-corrected chi connectivity index (χ2v) is 6.07. The third-order valence-corrected chi connectivity index (χ3v) is 3.91. The minimum atomic E-state index is -0.150. The molecule has 126 valence electrons. The first-order valence-electron chi connectivity index (χ1n) is 8.16. The maximum Gasteiger partial charge on any atom is 0.253 e. The summed E-state index contributed by atoms with van der Waals surface area (Å²) in [7, 11) is 0. The van der Waals surface area contributed by atoms with E-state index < -0.39 is 0 Å². The van der Waals surface area contributed by atoms with Crippen molar-refractivity contribution in [1.29, 1.82) is 0 Å². The molecule has 1 fully saturated rings. The van der Waals surface area contributed by atoms with Crippen molar-refractivity contribution in [3.63, 3.8) is 0 Å². The summed E-state index contributed by atoms with van der Waals surface area (Å²) in [6, 6.07) is 9.32. The molecule has 0 aliphatic carbocycles. The number of carbonyl (C=O) groups is 1. The molecular weight excluding hydrogens is 304 g/mol. The SMILES string of the molecule is C[C@H]1CN(c2ccc(C(=O)NCc3ccccn3)cn2)C[C@H](C)O1. The number of carbonyl (C=O) groups excluding carboxylic acids is 1. The quantitative estimate of drug-likeness (QED) is 0.931. The predicted molar refractivity (Wildman–Crippen MR) is 91.9 cm³/mol. The first kappa shape index (κ1) is 16.4. The zero-order chi connectivity index (χ0) is 16.9. The molecule has 0 bridgehead atoms. The largest absolute Gasteiger partial charge is 0.372 e. The van der Waals surface area contributed by atoms with E-state index in [-0.39, 0.29) is 18.1 Å². The lowest BCUT2D eigenvalue weighted by Crippen LogP contribution is -2.45. The van der Waals surface area contributed by atoms with Crippen molar-refractivity contribution in [2.24, 2.45) is 0 Å². The van der Waals surface area contributed by atoms with Crippen LogP contribution in [0.5, 0.6) is 0 Å². The number of hydrogen-bond acceptors (Lipinski definition) is 5. The Labute approximate surface area is 141 Å². The van der Waals surface area contributed by atoms with E-state index in [1.54, 1.807) is 18.5 Å². The van der Waals surface area contributed by atoms with Crippen LogP contribution in [0.3, 0.4) is 0 Å². The van der Waals surface area contributed by atoms with E-state index in [0.29, 0.717) is 12.1 Å². The van der Waals surface area contributed by atoms with Gasteiger partial charge < -0.3 is 15.0 Å². The Balaban J connectivity index is 1.60. The summed E-state index contributed by atoms with van der Waals surface area (Å²) in [5, 5.41) is 2.85.